The van der Waals surface area contributed by atoms with Gasteiger partial charge in [0.25, 0.3) is 5.91 Å². The number of nitrogens with one attached hydrogen (secondary N) is 1. The summed E-state index contributed by atoms with van der Waals surface area (Å²) in [6.45, 7) is -0.0246. The second-order valence-corrected chi connectivity index (χ2v) is 4.79. The third-order valence-corrected chi connectivity index (χ3v) is 3.44. The average molecular weight is 249 g/mol. The third-order valence-electron chi connectivity index (χ3n) is 3.44. The molecule has 0 aliphatic heterocycles. The molecule has 1 fully saturated rings. The van der Waals surface area contributed by atoms with E-state index in [1.54, 1.807) is 24.3 Å². The van der Waals surface area contributed by atoms with Crippen LogP contribution in [0.4, 0.5) is 0 Å². The summed E-state index contributed by atoms with van der Waals surface area (Å²) in [6.07, 6.45) is 3.24. The Morgan fingerprint density at radius 1 is 1.22 bits per heavy atom. The van der Waals surface area contributed by atoms with Crippen molar-refractivity contribution in [2.24, 2.45) is 0 Å². The number of carbonyl (C=O) groups excluding carboxylic acids is 1. The van der Waals surface area contributed by atoms with Crippen molar-refractivity contribution in [1.29, 1.82) is 0 Å². The molecule has 2 atom stereocenters. The van der Waals surface area contributed by atoms with Gasteiger partial charge in [0, 0.05) is 5.56 Å². The van der Waals surface area contributed by atoms with Gasteiger partial charge in [-0.05, 0) is 30.5 Å². The van der Waals surface area contributed by atoms with Gasteiger partial charge in [0.1, 0.15) is 0 Å². The molecule has 1 amide bonds. The van der Waals surface area contributed by atoms with Crippen LogP contribution >= 0.6 is 0 Å². The standard InChI is InChI=1S/C14H19NO3/c16-9-10-5-7-11(8-6-10)14(18)15-12-3-1-2-4-13(12)17/h5-8,12-13,16-17H,1-4,9H2,(H,15,18). The Labute approximate surface area is 107 Å². The number of aliphatic hydroxyl groups excluding tert-OH is 2. The molecule has 1 aromatic carbocycles. The summed E-state index contributed by atoms with van der Waals surface area (Å²) in [4.78, 5) is 12.0. The fourth-order valence-electron chi connectivity index (χ4n) is 2.29. The van der Waals surface area contributed by atoms with Crippen molar-refractivity contribution in [2.45, 2.75) is 44.4 Å². The largest absolute Gasteiger partial charge is 0.392 e. The minimum atomic E-state index is -0.431. The lowest BCUT2D eigenvalue weighted by Crippen LogP contribution is -2.45. The smallest absolute Gasteiger partial charge is 0.251 e. The Morgan fingerprint density at radius 3 is 2.50 bits per heavy atom. The molecule has 0 heterocycles. The molecular weight excluding hydrogens is 230 g/mol. The average Bonchev–Trinajstić information content (AvgIpc) is 2.41. The predicted octanol–water partition coefficient (Wildman–Crippen LogP) is 1.21. The first-order valence-electron chi connectivity index (χ1n) is 6.39. The van der Waals surface area contributed by atoms with Crippen LogP contribution in [0.3, 0.4) is 0 Å². The van der Waals surface area contributed by atoms with Crippen LogP contribution in [0.15, 0.2) is 24.3 Å². The normalized spacial score (nSPS) is 23.7. The Kier molecular flexibility index (Phi) is 4.33. The van der Waals surface area contributed by atoms with E-state index in [1.807, 2.05) is 0 Å². The fourth-order valence-corrected chi connectivity index (χ4v) is 2.29. The molecule has 3 N–H and O–H groups in total. The second-order valence-electron chi connectivity index (χ2n) is 4.79. The first-order chi connectivity index (χ1) is 8.70. The van der Waals surface area contributed by atoms with Gasteiger partial charge in [-0.1, -0.05) is 25.0 Å². The number of hydrogen-bond acceptors (Lipinski definition) is 3. The molecule has 1 saturated carbocycles. The summed E-state index contributed by atoms with van der Waals surface area (Å²) >= 11 is 0. The number of amides is 1. The van der Waals surface area contributed by atoms with Gasteiger partial charge in [0.05, 0.1) is 18.8 Å². The molecule has 0 saturated heterocycles. The Balaban J connectivity index is 1.97. The maximum absolute atomic E-state index is 12.0. The van der Waals surface area contributed by atoms with Gasteiger partial charge in [-0.3, -0.25) is 4.79 Å². The fraction of sp³-hybridized carbons (Fsp3) is 0.500. The number of aliphatic hydroxyl groups is 2. The van der Waals surface area contributed by atoms with Gasteiger partial charge >= 0.3 is 0 Å². The lowest BCUT2D eigenvalue weighted by Gasteiger charge is -2.28. The summed E-state index contributed by atoms with van der Waals surface area (Å²) in [6, 6.07) is 6.70. The third kappa shape index (κ3) is 3.09. The second kappa shape index (κ2) is 5.98. The van der Waals surface area contributed by atoms with E-state index < -0.39 is 6.10 Å². The van der Waals surface area contributed by atoms with E-state index in [4.69, 9.17) is 5.11 Å². The highest BCUT2D eigenvalue weighted by Crippen LogP contribution is 2.18. The van der Waals surface area contributed by atoms with Gasteiger partial charge in [-0.2, -0.15) is 0 Å². The maximum atomic E-state index is 12.0. The van der Waals surface area contributed by atoms with Crippen LogP contribution in [0.1, 0.15) is 41.6 Å². The van der Waals surface area contributed by atoms with Gasteiger partial charge < -0.3 is 15.5 Å². The Bertz CT molecular complexity index is 402. The van der Waals surface area contributed by atoms with E-state index in [9.17, 15) is 9.90 Å². The Morgan fingerprint density at radius 2 is 1.89 bits per heavy atom. The summed E-state index contributed by atoms with van der Waals surface area (Å²) < 4.78 is 0. The highest BCUT2D eigenvalue weighted by atomic mass is 16.3. The lowest BCUT2D eigenvalue weighted by atomic mass is 9.92. The first-order valence-corrected chi connectivity index (χ1v) is 6.39. The molecule has 4 nitrogen and oxygen atoms in total. The van der Waals surface area contributed by atoms with Gasteiger partial charge in [-0.25, -0.2) is 0 Å². The number of carbonyl (C=O) groups is 1. The van der Waals surface area contributed by atoms with E-state index in [1.165, 1.54) is 0 Å². The molecule has 0 radical (unpaired) electrons. The molecule has 2 rings (SSSR count). The monoisotopic (exact) mass is 249 g/mol. The van der Waals surface area contributed by atoms with Crippen LogP contribution in [0.25, 0.3) is 0 Å². The van der Waals surface area contributed by atoms with Gasteiger partial charge in [0.2, 0.25) is 0 Å². The zero-order chi connectivity index (χ0) is 13.0. The topological polar surface area (TPSA) is 69.6 Å². The molecule has 98 valence electrons. The summed E-state index contributed by atoms with van der Waals surface area (Å²) in [7, 11) is 0. The SMILES string of the molecule is O=C(NC1CCCCC1O)c1ccc(CO)cc1. The molecule has 0 bridgehead atoms. The summed E-state index contributed by atoms with van der Waals surface area (Å²) in [5, 5.41) is 21.6. The molecular formula is C14H19NO3. The van der Waals surface area contributed by atoms with Crippen molar-refractivity contribution < 1.29 is 15.0 Å². The maximum Gasteiger partial charge on any atom is 0.251 e. The van der Waals surface area contributed by atoms with E-state index in [0.29, 0.717) is 5.56 Å². The van der Waals surface area contributed by atoms with Crippen LogP contribution in [0.5, 0.6) is 0 Å². The van der Waals surface area contributed by atoms with E-state index >= 15 is 0 Å². The minimum absolute atomic E-state index is 0.0246. The van der Waals surface area contributed by atoms with Crippen molar-refractivity contribution in [3.05, 3.63) is 35.4 Å². The van der Waals surface area contributed by atoms with Gasteiger partial charge in [0.15, 0.2) is 0 Å². The highest BCUT2D eigenvalue weighted by molar-refractivity contribution is 5.94. The molecule has 0 spiro atoms. The van der Waals surface area contributed by atoms with E-state index in [2.05, 4.69) is 5.32 Å². The van der Waals surface area contributed by atoms with Crippen molar-refractivity contribution in [1.82, 2.24) is 5.32 Å². The quantitative estimate of drug-likeness (QED) is 0.754. The number of benzene rings is 1. The van der Waals surface area contributed by atoms with E-state index in [-0.39, 0.29) is 18.6 Å². The zero-order valence-electron chi connectivity index (χ0n) is 10.3. The predicted molar refractivity (Wildman–Crippen MR) is 68.1 cm³/mol. The van der Waals surface area contributed by atoms with Crippen molar-refractivity contribution in [3.63, 3.8) is 0 Å². The molecule has 18 heavy (non-hydrogen) atoms. The van der Waals surface area contributed by atoms with Gasteiger partial charge in [-0.15, -0.1) is 0 Å². The Hall–Kier alpha value is -1.39. The van der Waals surface area contributed by atoms with Crippen LogP contribution in [0, 0.1) is 0 Å². The molecule has 1 aliphatic rings. The zero-order valence-corrected chi connectivity index (χ0v) is 10.3. The molecule has 1 aromatic rings. The summed E-state index contributed by atoms with van der Waals surface area (Å²) in [5.74, 6) is -0.162. The van der Waals surface area contributed by atoms with E-state index in [0.717, 1.165) is 31.2 Å². The molecule has 4 heteroatoms. The van der Waals surface area contributed by atoms with Crippen LogP contribution in [0.2, 0.25) is 0 Å². The molecule has 2 unspecified atom stereocenters. The molecule has 0 aromatic heterocycles. The highest BCUT2D eigenvalue weighted by Gasteiger charge is 2.24. The van der Waals surface area contributed by atoms with Crippen molar-refractivity contribution in [2.75, 3.05) is 0 Å². The number of hydrogen-bond donors (Lipinski definition) is 3. The first kappa shape index (κ1) is 13.1. The van der Waals surface area contributed by atoms with Crippen LogP contribution in [-0.2, 0) is 6.61 Å². The number of rotatable bonds is 3. The molecule has 1 aliphatic carbocycles. The van der Waals surface area contributed by atoms with Crippen LogP contribution < -0.4 is 5.32 Å². The lowest BCUT2D eigenvalue weighted by molar-refractivity contribution is 0.0717. The summed E-state index contributed by atoms with van der Waals surface area (Å²) in [5.41, 5.74) is 1.34. The van der Waals surface area contributed by atoms with Crippen molar-refractivity contribution >= 4 is 5.91 Å². The minimum Gasteiger partial charge on any atom is -0.392 e. The van der Waals surface area contributed by atoms with Crippen molar-refractivity contribution in [3.8, 4) is 0 Å². The van der Waals surface area contributed by atoms with Crippen LogP contribution in [-0.4, -0.2) is 28.3 Å².